The third kappa shape index (κ3) is 2.67. The van der Waals surface area contributed by atoms with Crippen molar-refractivity contribution in [2.75, 3.05) is 31.9 Å². The highest BCUT2D eigenvalue weighted by molar-refractivity contribution is 8.00. The van der Waals surface area contributed by atoms with Gasteiger partial charge in [0.05, 0.1) is 5.92 Å². The smallest absolute Gasteiger partial charge is 0.227 e. The van der Waals surface area contributed by atoms with Crippen LogP contribution in [0.5, 0.6) is 0 Å². The van der Waals surface area contributed by atoms with Gasteiger partial charge in [-0.15, -0.1) is 0 Å². The number of nitrogens with one attached hydrogen (secondary N) is 1. The van der Waals surface area contributed by atoms with Gasteiger partial charge in [0.25, 0.3) is 0 Å². The summed E-state index contributed by atoms with van der Waals surface area (Å²) in [6.07, 6.45) is 2.20. The van der Waals surface area contributed by atoms with E-state index < -0.39 is 0 Å². The van der Waals surface area contributed by atoms with E-state index in [9.17, 15) is 4.79 Å². The van der Waals surface area contributed by atoms with Crippen molar-refractivity contribution in [2.24, 2.45) is 5.92 Å². The van der Waals surface area contributed by atoms with Crippen molar-refractivity contribution in [1.29, 1.82) is 0 Å². The molecule has 86 valence electrons. The molecular formula is C11H20N2OS. The number of carbonyl (C=O) groups excluding carboxylic acids is 1. The Labute approximate surface area is 96.0 Å². The minimum absolute atomic E-state index is 0.255. The monoisotopic (exact) mass is 228 g/mol. The molecule has 0 bridgehead atoms. The quantitative estimate of drug-likeness (QED) is 0.764. The summed E-state index contributed by atoms with van der Waals surface area (Å²) >= 11 is 2.02. The van der Waals surface area contributed by atoms with E-state index in [-0.39, 0.29) is 5.92 Å². The van der Waals surface area contributed by atoms with Crippen molar-refractivity contribution >= 4 is 17.7 Å². The molecular weight excluding hydrogens is 208 g/mol. The maximum atomic E-state index is 12.1. The minimum Gasteiger partial charge on any atom is -0.340 e. The Bertz CT molecular complexity index is 229. The Balaban J connectivity index is 1.88. The fraction of sp³-hybridized carbons (Fsp3) is 0.909. The standard InChI is InChI=1S/C11H20N2OS/c1-2-10-8-13(5-6-15-10)11(14)9-3-4-12-7-9/h9-10,12H,2-8H2,1H3/t9-,10?/m1/s1. The van der Waals surface area contributed by atoms with Crippen molar-refractivity contribution in [3.05, 3.63) is 0 Å². The second-order valence-electron chi connectivity index (χ2n) is 4.38. The van der Waals surface area contributed by atoms with E-state index in [4.69, 9.17) is 0 Å². The number of hydrogen-bond donors (Lipinski definition) is 1. The first-order valence-electron chi connectivity index (χ1n) is 5.92. The molecule has 2 rings (SSSR count). The van der Waals surface area contributed by atoms with Crippen molar-refractivity contribution in [2.45, 2.75) is 25.0 Å². The number of rotatable bonds is 2. The molecule has 2 atom stereocenters. The molecule has 0 aromatic heterocycles. The van der Waals surface area contributed by atoms with E-state index in [0.717, 1.165) is 38.4 Å². The van der Waals surface area contributed by atoms with Gasteiger partial charge >= 0.3 is 0 Å². The number of nitrogens with zero attached hydrogens (tertiary/aromatic N) is 1. The van der Waals surface area contributed by atoms with E-state index in [2.05, 4.69) is 17.1 Å². The Morgan fingerprint density at radius 1 is 1.60 bits per heavy atom. The molecule has 3 nitrogen and oxygen atoms in total. The largest absolute Gasteiger partial charge is 0.340 e. The Kier molecular flexibility index (Phi) is 3.92. The van der Waals surface area contributed by atoms with Gasteiger partial charge in [0, 0.05) is 30.6 Å². The zero-order valence-electron chi connectivity index (χ0n) is 9.37. The third-order valence-electron chi connectivity index (χ3n) is 3.32. The second-order valence-corrected chi connectivity index (χ2v) is 5.78. The summed E-state index contributed by atoms with van der Waals surface area (Å²) in [5.74, 6) is 1.76. The van der Waals surface area contributed by atoms with E-state index >= 15 is 0 Å². The van der Waals surface area contributed by atoms with Crippen LogP contribution in [0, 0.1) is 5.92 Å². The van der Waals surface area contributed by atoms with Gasteiger partial charge in [-0.2, -0.15) is 11.8 Å². The maximum Gasteiger partial charge on any atom is 0.227 e. The first-order chi connectivity index (χ1) is 7.31. The van der Waals surface area contributed by atoms with Gasteiger partial charge in [0.2, 0.25) is 5.91 Å². The van der Waals surface area contributed by atoms with Gasteiger partial charge in [-0.1, -0.05) is 6.92 Å². The van der Waals surface area contributed by atoms with Crippen LogP contribution in [-0.4, -0.2) is 48.0 Å². The average molecular weight is 228 g/mol. The van der Waals surface area contributed by atoms with Gasteiger partial charge in [-0.05, 0) is 19.4 Å². The molecule has 0 aromatic carbocycles. The lowest BCUT2D eigenvalue weighted by atomic mass is 10.1. The van der Waals surface area contributed by atoms with E-state index in [1.807, 2.05) is 11.8 Å². The Morgan fingerprint density at radius 3 is 3.13 bits per heavy atom. The van der Waals surface area contributed by atoms with Crippen molar-refractivity contribution in [1.82, 2.24) is 10.2 Å². The third-order valence-corrected chi connectivity index (χ3v) is 4.69. The van der Waals surface area contributed by atoms with Gasteiger partial charge in [0.1, 0.15) is 0 Å². The summed E-state index contributed by atoms with van der Waals surface area (Å²) in [4.78, 5) is 14.2. The first kappa shape index (κ1) is 11.3. The highest BCUT2D eigenvalue weighted by atomic mass is 32.2. The molecule has 0 radical (unpaired) electrons. The molecule has 2 saturated heterocycles. The molecule has 0 spiro atoms. The summed E-state index contributed by atoms with van der Waals surface area (Å²) in [5.41, 5.74) is 0. The molecule has 0 aromatic rings. The molecule has 1 N–H and O–H groups in total. The predicted octanol–water partition coefficient (Wildman–Crippen LogP) is 0.950. The summed E-state index contributed by atoms with van der Waals surface area (Å²) in [6.45, 7) is 6.03. The molecule has 0 aliphatic carbocycles. The van der Waals surface area contributed by atoms with Gasteiger partial charge in [0.15, 0.2) is 0 Å². The lowest BCUT2D eigenvalue weighted by molar-refractivity contribution is -0.134. The lowest BCUT2D eigenvalue weighted by Crippen LogP contribution is -2.45. The molecule has 2 aliphatic rings. The van der Waals surface area contributed by atoms with E-state index in [0.29, 0.717) is 11.2 Å². The zero-order chi connectivity index (χ0) is 10.7. The zero-order valence-corrected chi connectivity index (χ0v) is 10.2. The topological polar surface area (TPSA) is 32.3 Å². The highest BCUT2D eigenvalue weighted by Gasteiger charge is 2.30. The fourth-order valence-electron chi connectivity index (χ4n) is 2.29. The van der Waals surface area contributed by atoms with Gasteiger partial charge < -0.3 is 10.2 Å². The normalized spacial score (nSPS) is 31.9. The summed E-state index contributed by atoms with van der Waals surface area (Å²) in [6, 6.07) is 0. The fourth-order valence-corrected chi connectivity index (χ4v) is 3.47. The molecule has 15 heavy (non-hydrogen) atoms. The average Bonchev–Trinajstić information content (AvgIpc) is 2.81. The predicted molar refractivity (Wildman–Crippen MR) is 64.1 cm³/mol. The molecule has 2 heterocycles. The number of carbonyl (C=O) groups is 1. The van der Waals surface area contributed by atoms with Gasteiger partial charge in [-0.3, -0.25) is 4.79 Å². The van der Waals surface area contributed by atoms with Crippen LogP contribution in [0.4, 0.5) is 0 Å². The lowest BCUT2D eigenvalue weighted by Gasteiger charge is -2.33. The molecule has 2 aliphatic heterocycles. The van der Waals surface area contributed by atoms with Crippen molar-refractivity contribution < 1.29 is 4.79 Å². The summed E-state index contributed by atoms with van der Waals surface area (Å²) < 4.78 is 0. The minimum atomic E-state index is 0.255. The molecule has 1 amide bonds. The van der Waals surface area contributed by atoms with E-state index in [1.54, 1.807) is 0 Å². The number of thioether (sulfide) groups is 1. The van der Waals surface area contributed by atoms with Crippen LogP contribution in [0.25, 0.3) is 0 Å². The first-order valence-corrected chi connectivity index (χ1v) is 6.97. The molecule has 1 unspecified atom stereocenters. The molecule has 2 fully saturated rings. The van der Waals surface area contributed by atoms with E-state index in [1.165, 1.54) is 6.42 Å². The van der Waals surface area contributed by atoms with Crippen LogP contribution in [0.1, 0.15) is 19.8 Å². The van der Waals surface area contributed by atoms with Crippen molar-refractivity contribution in [3.63, 3.8) is 0 Å². The second kappa shape index (κ2) is 5.21. The summed E-state index contributed by atoms with van der Waals surface area (Å²) in [7, 11) is 0. The van der Waals surface area contributed by atoms with Crippen molar-refractivity contribution in [3.8, 4) is 0 Å². The van der Waals surface area contributed by atoms with Crippen LogP contribution in [-0.2, 0) is 4.79 Å². The highest BCUT2D eigenvalue weighted by Crippen LogP contribution is 2.23. The summed E-state index contributed by atoms with van der Waals surface area (Å²) in [5, 5.41) is 3.93. The SMILES string of the molecule is CCC1CN(C(=O)[C@@H]2CCNC2)CCS1. The number of amides is 1. The van der Waals surface area contributed by atoms with Crippen LogP contribution in [0.15, 0.2) is 0 Å². The van der Waals surface area contributed by atoms with Gasteiger partial charge in [-0.25, -0.2) is 0 Å². The Hall–Kier alpha value is -0.220. The van der Waals surface area contributed by atoms with Crippen LogP contribution in [0.2, 0.25) is 0 Å². The molecule has 4 heteroatoms. The Morgan fingerprint density at radius 2 is 2.47 bits per heavy atom. The number of hydrogen-bond acceptors (Lipinski definition) is 3. The van der Waals surface area contributed by atoms with Crippen LogP contribution >= 0.6 is 11.8 Å². The van der Waals surface area contributed by atoms with Crippen LogP contribution in [0.3, 0.4) is 0 Å². The molecule has 0 saturated carbocycles. The maximum absolute atomic E-state index is 12.1. The van der Waals surface area contributed by atoms with Crippen LogP contribution < -0.4 is 5.32 Å².